The first kappa shape index (κ1) is 14.8. The molecule has 1 aromatic heterocycles. The van der Waals surface area contributed by atoms with Gasteiger partial charge in [0.2, 0.25) is 0 Å². The molecule has 0 saturated heterocycles. The van der Waals surface area contributed by atoms with Crippen LogP contribution in [0.15, 0.2) is 41.0 Å². The first-order valence-corrected chi connectivity index (χ1v) is 6.67. The van der Waals surface area contributed by atoms with E-state index in [9.17, 15) is 13.2 Å². The predicted molar refractivity (Wildman–Crippen MR) is 75.4 cm³/mol. The van der Waals surface area contributed by atoms with E-state index in [4.69, 9.17) is 0 Å². The Morgan fingerprint density at radius 2 is 1.95 bits per heavy atom. The van der Waals surface area contributed by atoms with Crippen LogP contribution in [0, 0.1) is 6.92 Å². The Morgan fingerprint density at radius 3 is 2.55 bits per heavy atom. The topological polar surface area (TPSA) is 24.9 Å². The Labute approximate surface area is 123 Å². The summed E-state index contributed by atoms with van der Waals surface area (Å²) in [5.74, 6) is 0. The van der Waals surface area contributed by atoms with Crippen molar-refractivity contribution in [2.45, 2.75) is 19.6 Å². The zero-order chi connectivity index (χ0) is 14.8. The minimum atomic E-state index is -4.36. The van der Waals surface area contributed by atoms with Gasteiger partial charge in [0.25, 0.3) is 0 Å². The molecule has 2 aromatic rings. The summed E-state index contributed by atoms with van der Waals surface area (Å²) in [4.78, 5) is 4.14. The SMILES string of the molecule is Cc1ccc(CNc2cc(Br)cc(C(F)(F)F)c2)cn1. The number of anilines is 1. The van der Waals surface area contributed by atoms with Crippen LogP contribution in [0.3, 0.4) is 0 Å². The minimum absolute atomic E-state index is 0.386. The van der Waals surface area contributed by atoms with Gasteiger partial charge in [-0.05, 0) is 36.8 Å². The van der Waals surface area contributed by atoms with Crippen LogP contribution in [-0.4, -0.2) is 4.98 Å². The van der Waals surface area contributed by atoms with E-state index in [1.54, 1.807) is 12.3 Å². The summed E-state index contributed by atoms with van der Waals surface area (Å²) < 4.78 is 38.5. The van der Waals surface area contributed by atoms with Crippen molar-refractivity contribution < 1.29 is 13.2 Å². The molecule has 6 heteroatoms. The fourth-order valence-corrected chi connectivity index (χ4v) is 2.16. The molecule has 1 N–H and O–H groups in total. The molecule has 0 aliphatic heterocycles. The van der Waals surface area contributed by atoms with Crippen molar-refractivity contribution in [3.05, 3.63) is 57.8 Å². The van der Waals surface area contributed by atoms with Crippen LogP contribution < -0.4 is 5.32 Å². The lowest BCUT2D eigenvalue weighted by molar-refractivity contribution is -0.137. The number of nitrogens with one attached hydrogen (secondary N) is 1. The number of pyridine rings is 1. The van der Waals surface area contributed by atoms with Crippen molar-refractivity contribution in [3.63, 3.8) is 0 Å². The highest BCUT2D eigenvalue weighted by Crippen LogP contribution is 2.33. The fourth-order valence-electron chi connectivity index (χ4n) is 1.66. The van der Waals surface area contributed by atoms with Gasteiger partial charge in [-0.25, -0.2) is 0 Å². The van der Waals surface area contributed by atoms with Gasteiger partial charge in [0.15, 0.2) is 0 Å². The van der Waals surface area contributed by atoms with Crippen LogP contribution in [-0.2, 0) is 12.7 Å². The highest BCUT2D eigenvalue weighted by atomic mass is 79.9. The number of halogens is 4. The lowest BCUT2D eigenvalue weighted by Gasteiger charge is -2.12. The van der Waals surface area contributed by atoms with E-state index in [1.165, 1.54) is 0 Å². The molecule has 0 fully saturated rings. The largest absolute Gasteiger partial charge is 0.416 e. The molecule has 20 heavy (non-hydrogen) atoms. The molecule has 1 heterocycles. The lowest BCUT2D eigenvalue weighted by atomic mass is 10.2. The number of benzene rings is 1. The molecule has 1 aromatic carbocycles. The van der Waals surface area contributed by atoms with Crippen LogP contribution in [0.2, 0.25) is 0 Å². The van der Waals surface area contributed by atoms with E-state index in [1.807, 2.05) is 19.1 Å². The molecular formula is C14H12BrF3N2. The summed E-state index contributed by atoms with van der Waals surface area (Å²) in [6.07, 6.45) is -2.66. The third kappa shape index (κ3) is 3.96. The average molecular weight is 345 g/mol. The van der Waals surface area contributed by atoms with Crippen molar-refractivity contribution in [2.24, 2.45) is 0 Å². The second kappa shape index (κ2) is 5.83. The first-order valence-electron chi connectivity index (χ1n) is 5.88. The molecule has 106 valence electrons. The Morgan fingerprint density at radius 1 is 1.20 bits per heavy atom. The Balaban J connectivity index is 2.13. The Bertz CT molecular complexity index is 594. The second-order valence-corrected chi connectivity index (χ2v) is 5.30. The maximum absolute atomic E-state index is 12.7. The van der Waals surface area contributed by atoms with E-state index < -0.39 is 11.7 Å². The molecule has 0 aliphatic carbocycles. The zero-order valence-corrected chi connectivity index (χ0v) is 12.2. The van der Waals surface area contributed by atoms with Crippen molar-refractivity contribution >= 4 is 21.6 Å². The van der Waals surface area contributed by atoms with Gasteiger partial charge in [0.05, 0.1) is 5.56 Å². The highest BCUT2D eigenvalue weighted by molar-refractivity contribution is 9.10. The Kier molecular flexibility index (Phi) is 4.32. The van der Waals surface area contributed by atoms with Gasteiger partial charge in [-0.15, -0.1) is 0 Å². The Hall–Kier alpha value is -1.56. The van der Waals surface area contributed by atoms with Gasteiger partial charge in [0.1, 0.15) is 0 Å². The maximum Gasteiger partial charge on any atom is 0.416 e. The summed E-state index contributed by atoms with van der Waals surface area (Å²) in [5, 5.41) is 2.96. The molecule has 0 spiro atoms. The van der Waals surface area contributed by atoms with E-state index in [-0.39, 0.29) is 0 Å². The van der Waals surface area contributed by atoms with E-state index >= 15 is 0 Å². The van der Waals surface area contributed by atoms with E-state index in [0.717, 1.165) is 23.4 Å². The molecular weight excluding hydrogens is 333 g/mol. The standard InChI is InChI=1S/C14H12BrF3N2/c1-9-2-3-10(7-19-9)8-20-13-5-11(14(16,17)18)4-12(15)6-13/h2-7,20H,8H2,1H3. The van der Waals surface area contributed by atoms with Crippen molar-refractivity contribution in [3.8, 4) is 0 Å². The quantitative estimate of drug-likeness (QED) is 0.866. The third-order valence-electron chi connectivity index (χ3n) is 2.69. The van der Waals surface area contributed by atoms with Gasteiger partial charge >= 0.3 is 6.18 Å². The van der Waals surface area contributed by atoms with Gasteiger partial charge in [-0.2, -0.15) is 13.2 Å². The summed E-state index contributed by atoms with van der Waals surface area (Å²) in [6.45, 7) is 2.29. The molecule has 0 aliphatic rings. The smallest absolute Gasteiger partial charge is 0.381 e. The highest BCUT2D eigenvalue weighted by Gasteiger charge is 2.31. The van der Waals surface area contributed by atoms with Crippen molar-refractivity contribution in [1.82, 2.24) is 4.98 Å². The number of hydrogen-bond donors (Lipinski definition) is 1. The van der Waals surface area contributed by atoms with E-state index in [0.29, 0.717) is 16.7 Å². The molecule has 0 unspecified atom stereocenters. The molecule has 0 bridgehead atoms. The maximum atomic E-state index is 12.7. The third-order valence-corrected chi connectivity index (χ3v) is 3.15. The van der Waals surface area contributed by atoms with Crippen molar-refractivity contribution in [2.75, 3.05) is 5.32 Å². The molecule has 0 saturated carbocycles. The summed E-state index contributed by atoms with van der Waals surface area (Å²) in [7, 11) is 0. The summed E-state index contributed by atoms with van der Waals surface area (Å²) in [5.41, 5.74) is 1.53. The zero-order valence-electron chi connectivity index (χ0n) is 10.6. The van der Waals surface area contributed by atoms with Gasteiger partial charge < -0.3 is 5.32 Å². The molecule has 0 radical (unpaired) electrons. The number of alkyl halides is 3. The lowest BCUT2D eigenvalue weighted by Crippen LogP contribution is -2.07. The van der Waals surface area contributed by atoms with Crippen LogP contribution in [0.1, 0.15) is 16.8 Å². The fraction of sp³-hybridized carbons (Fsp3) is 0.214. The van der Waals surface area contributed by atoms with Crippen molar-refractivity contribution in [1.29, 1.82) is 0 Å². The van der Waals surface area contributed by atoms with Gasteiger partial charge in [0, 0.05) is 28.6 Å². The molecule has 0 amide bonds. The van der Waals surface area contributed by atoms with E-state index in [2.05, 4.69) is 26.2 Å². The monoisotopic (exact) mass is 344 g/mol. The number of hydrogen-bond acceptors (Lipinski definition) is 2. The summed E-state index contributed by atoms with van der Waals surface area (Å²) in [6, 6.07) is 7.50. The molecule has 2 nitrogen and oxygen atoms in total. The van der Waals surface area contributed by atoms with Gasteiger partial charge in [-0.1, -0.05) is 22.0 Å². The summed E-state index contributed by atoms with van der Waals surface area (Å²) >= 11 is 3.09. The van der Waals surface area contributed by atoms with Crippen LogP contribution in [0.25, 0.3) is 0 Å². The number of nitrogens with zero attached hydrogens (tertiary/aromatic N) is 1. The second-order valence-electron chi connectivity index (χ2n) is 4.39. The molecule has 0 atom stereocenters. The van der Waals surface area contributed by atoms with Crippen LogP contribution in [0.5, 0.6) is 0 Å². The van der Waals surface area contributed by atoms with Crippen LogP contribution in [0.4, 0.5) is 18.9 Å². The average Bonchev–Trinajstić information content (AvgIpc) is 2.36. The minimum Gasteiger partial charge on any atom is -0.381 e. The van der Waals surface area contributed by atoms with Gasteiger partial charge in [-0.3, -0.25) is 4.98 Å². The first-order chi connectivity index (χ1) is 9.34. The normalized spacial score (nSPS) is 11.4. The number of rotatable bonds is 3. The van der Waals surface area contributed by atoms with Crippen LogP contribution >= 0.6 is 15.9 Å². The number of aryl methyl sites for hydroxylation is 1. The number of aromatic nitrogens is 1. The molecule has 2 rings (SSSR count). The predicted octanol–water partition coefficient (Wildman–Crippen LogP) is 4.78.